The molecule has 2 aromatic rings. The summed E-state index contributed by atoms with van der Waals surface area (Å²) in [5, 5.41) is 13.5. The lowest BCUT2D eigenvalue weighted by Crippen LogP contribution is -2.27. The molecule has 2 N–H and O–H groups in total. The van der Waals surface area contributed by atoms with Crippen LogP contribution in [0.4, 0.5) is 33.7 Å². The summed E-state index contributed by atoms with van der Waals surface area (Å²) in [6.07, 6.45) is -1.59. The van der Waals surface area contributed by atoms with E-state index in [1.807, 2.05) is 0 Å². The number of urea groups is 1. The van der Waals surface area contributed by atoms with Crippen molar-refractivity contribution in [2.45, 2.75) is 39.0 Å². The number of nitriles is 1. The highest BCUT2D eigenvalue weighted by Crippen LogP contribution is 2.39. The molecule has 37 heavy (non-hydrogen) atoms. The van der Waals surface area contributed by atoms with Crippen LogP contribution in [-0.4, -0.2) is 24.0 Å². The molecule has 0 heterocycles. The summed E-state index contributed by atoms with van der Waals surface area (Å²) in [4.78, 5) is 24.2. The van der Waals surface area contributed by atoms with E-state index in [2.05, 4.69) is 10.6 Å². The minimum absolute atomic E-state index is 0.100. The van der Waals surface area contributed by atoms with Crippen LogP contribution in [0.25, 0.3) is 5.57 Å². The molecule has 194 valence electrons. The predicted octanol–water partition coefficient (Wildman–Crippen LogP) is 6.45. The zero-order chi connectivity index (χ0) is 27.4. The van der Waals surface area contributed by atoms with E-state index in [-0.39, 0.29) is 29.3 Å². The average molecular weight is 517 g/mol. The lowest BCUT2D eigenvalue weighted by atomic mass is 9.97. The van der Waals surface area contributed by atoms with E-state index >= 15 is 0 Å². The summed E-state index contributed by atoms with van der Waals surface area (Å²) in [6, 6.07) is 7.54. The molecule has 1 aliphatic carbocycles. The first-order valence-electron chi connectivity index (χ1n) is 11.1. The molecule has 0 aliphatic heterocycles. The van der Waals surface area contributed by atoms with E-state index in [1.165, 1.54) is 32.1 Å². The number of hydrogen-bond donors (Lipinski definition) is 2. The average Bonchev–Trinajstić information content (AvgIpc) is 2.82. The van der Waals surface area contributed by atoms with Crippen LogP contribution in [0, 0.1) is 17.1 Å². The van der Waals surface area contributed by atoms with Gasteiger partial charge in [-0.25, -0.2) is 9.18 Å². The number of hydrogen-bond acceptors (Lipinski definition) is 5. The van der Waals surface area contributed by atoms with Gasteiger partial charge in [0.15, 0.2) is 11.4 Å². The van der Waals surface area contributed by atoms with E-state index in [0.717, 1.165) is 18.2 Å². The van der Waals surface area contributed by atoms with Gasteiger partial charge in [-0.15, -0.1) is 0 Å². The van der Waals surface area contributed by atoms with Gasteiger partial charge in [-0.05, 0) is 68.3 Å². The van der Waals surface area contributed by atoms with E-state index in [0.29, 0.717) is 23.8 Å². The maximum Gasteiger partial charge on any atom is 0.420 e. The second-order valence-corrected chi connectivity index (χ2v) is 8.43. The van der Waals surface area contributed by atoms with Gasteiger partial charge in [-0.3, -0.25) is 4.79 Å². The number of Topliss-reactive ketones (excluding diaryl/α,β-unsaturated/α-hetero) is 1. The van der Waals surface area contributed by atoms with Crippen LogP contribution in [0.2, 0.25) is 0 Å². The third kappa shape index (κ3) is 6.88. The number of nitrogens with zero attached hydrogens (tertiary/aromatic N) is 1. The van der Waals surface area contributed by atoms with Gasteiger partial charge in [0.05, 0.1) is 17.9 Å². The molecule has 0 saturated carbocycles. The summed E-state index contributed by atoms with van der Waals surface area (Å²) >= 11 is 0. The van der Waals surface area contributed by atoms with Crippen LogP contribution >= 0.6 is 0 Å². The first-order valence-corrected chi connectivity index (χ1v) is 11.1. The minimum Gasteiger partial charge on any atom is -0.490 e. The zero-order valence-electron chi connectivity index (χ0n) is 20.1. The third-order valence-electron chi connectivity index (χ3n) is 5.10. The first-order chi connectivity index (χ1) is 17.3. The van der Waals surface area contributed by atoms with Crippen molar-refractivity contribution >= 4 is 28.8 Å². The Hall–Kier alpha value is -4.33. The Bertz CT molecular complexity index is 1320. The molecule has 7 nitrogen and oxygen atoms in total. The standard InChI is InChI=1S/C26H23F4N3O4/c1-4-36-23-12-16(6-9-21(23)34)15-5-8-20(19(27)11-15)33-24(35)32-17-7-10-22(37-25(2,3)14-31)18(13-17)26(28,29)30/h5-8,10-13H,4,9H2,1-3H3,(H2,32,33,35). The largest absolute Gasteiger partial charge is 0.490 e. The number of anilines is 2. The smallest absolute Gasteiger partial charge is 0.420 e. The minimum atomic E-state index is -4.83. The van der Waals surface area contributed by atoms with Gasteiger partial charge in [0.2, 0.25) is 5.78 Å². The zero-order valence-corrected chi connectivity index (χ0v) is 20.1. The number of ketones is 1. The summed E-state index contributed by atoms with van der Waals surface area (Å²) in [7, 11) is 0. The normalized spacial score (nSPS) is 13.7. The molecular weight excluding hydrogens is 494 g/mol. The highest BCUT2D eigenvalue weighted by Gasteiger charge is 2.36. The number of nitrogens with one attached hydrogen (secondary N) is 2. The lowest BCUT2D eigenvalue weighted by Gasteiger charge is -2.22. The van der Waals surface area contributed by atoms with E-state index in [1.54, 1.807) is 19.1 Å². The van der Waals surface area contributed by atoms with Crippen molar-refractivity contribution in [2.75, 3.05) is 17.2 Å². The molecule has 0 saturated heterocycles. The van der Waals surface area contributed by atoms with Gasteiger partial charge in [-0.1, -0.05) is 12.1 Å². The Morgan fingerprint density at radius 2 is 1.86 bits per heavy atom. The van der Waals surface area contributed by atoms with Crippen LogP contribution in [0.1, 0.15) is 38.3 Å². The fraction of sp³-hybridized carbons (Fsp3) is 0.269. The van der Waals surface area contributed by atoms with Crippen molar-refractivity contribution < 1.29 is 36.6 Å². The molecule has 0 fully saturated rings. The molecule has 0 atom stereocenters. The summed E-state index contributed by atoms with van der Waals surface area (Å²) in [6.45, 7) is 4.66. The quantitative estimate of drug-likeness (QED) is 0.412. The summed E-state index contributed by atoms with van der Waals surface area (Å²) in [5.41, 5.74) is -2.13. The highest BCUT2D eigenvalue weighted by atomic mass is 19.4. The van der Waals surface area contributed by atoms with Crippen LogP contribution in [0.15, 0.2) is 54.3 Å². The molecule has 0 radical (unpaired) electrons. The molecular formula is C26H23F4N3O4. The predicted molar refractivity (Wildman–Crippen MR) is 128 cm³/mol. The second kappa shape index (κ2) is 10.7. The number of benzene rings is 2. The SMILES string of the molecule is CCOC1=CC(c2ccc(NC(=O)Nc3ccc(OC(C)(C)C#N)c(C(F)(F)F)c3)c(F)c2)=CCC1=O. The van der Waals surface area contributed by atoms with Crippen LogP contribution in [0.3, 0.4) is 0 Å². The molecule has 3 rings (SSSR count). The van der Waals surface area contributed by atoms with Crippen molar-refractivity contribution in [1.29, 1.82) is 5.26 Å². The summed E-state index contributed by atoms with van der Waals surface area (Å²) in [5.74, 6) is -1.39. The Balaban J connectivity index is 1.75. The topological polar surface area (TPSA) is 100 Å². The molecule has 0 unspecified atom stereocenters. The number of halogens is 4. The molecule has 2 amide bonds. The Labute approximate surface area is 210 Å². The first kappa shape index (κ1) is 27.3. The van der Waals surface area contributed by atoms with Crippen molar-refractivity contribution in [3.63, 3.8) is 0 Å². The van der Waals surface area contributed by atoms with E-state index < -0.39 is 34.9 Å². The van der Waals surface area contributed by atoms with Gasteiger partial charge in [-0.2, -0.15) is 18.4 Å². The van der Waals surface area contributed by atoms with E-state index in [9.17, 15) is 27.2 Å². The molecule has 0 spiro atoms. The second-order valence-electron chi connectivity index (χ2n) is 8.43. The summed E-state index contributed by atoms with van der Waals surface area (Å²) < 4.78 is 65.8. The Morgan fingerprint density at radius 1 is 1.14 bits per heavy atom. The fourth-order valence-electron chi connectivity index (χ4n) is 3.36. The van der Waals surface area contributed by atoms with Gasteiger partial charge >= 0.3 is 12.2 Å². The fourth-order valence-corrected chi connectivity index (χ4v) is 3.36. The highest BCUT2D eigenvalue weighted by molar-refractivity contribution is 6.02. The maximum atomic E-state index is 14.7. The van der Waals surface area contributed by atoms with E-state index in [4.69, 9.17) is 14.7 Å². The molecule has 1 aliphatic rings. The van der Waals surface area contributed by atoms with Crippen LogP contribution in [-0.2, 0) is 15.7 Å². The number of ether oxygens (including phenoxy) is 2. The van der Waals surface area contributed by atoms with Gasteiger partial charge in [0, 0.05) is 12.1 Å². The molecule has 0 aromatic heterocycles. The monoisotopic (exact) mass is 517 g/mol. The third-order valence-corrected chi connectivity index (χ3v) is 5.10. The lowest BCUT2D eigenvalue weighted by molar-refractivity contribution is -0.139. The Kier molecular flexibility index (Phi) is 7.91. The molecule has 2 aromatic carbocycles. The number of rotatable bonds is 7. The van der Waals surface area contributed by atoms with Crippen LogP contribution in [0.5, 0.6) is 5.75 Å². The van der Waals surface area contributed by atoms with Gasteiger partial charge in [0.1, 0.15) is 17.6 Å². The van der Waals surface area contributed by atoms with Crippen molar-refractivity contribution in [3.05, 3.63) is 71.3 Å². The van der Waals surface area contributed by atoms with Gasteiger partial charge in [0.25, 0.3) is 0 Å². The van der Waals surface area contributed by atoms with Crippen molar-refractivity contribution in [1.82, 2.24) is 0 Å². The molecule has 0 bridgehead atoms. The number of carbonyl (C=O) groups is 2. The Morgan fingerprint density at radius 3 is 2.49 bits per heavy atom. The maximum absolute atomic E-state index is 14.7. The van der Waals surface area contributed by atoms with Crippen molar-refractivity contribution in [2.24, 2.45) is 0 Å². The van der Waals surface area contributed by atoms with Gasteiger partial charge < -0.3 is 20.1 Å². The number of carbonyl (C=O) groups excluding carboxylic acids is 2. The number of alkyl halides is 3. The van der Waals surface area contributed by atoms with Crippen LogP contribution < -0.4 is 15.4 Å². The molecule has 11 heteroatoms. The van der Waals surface area contributed by atoms with Crippen molar-refractivity contribution in [3.8, 4) is 11.8 Å². The number of allylic oxidation sites excluding steroid dienone is 4. The number of amides is 2.